The zero-order valence-electron chi connectivity index (χ0n) is 9.62. The number of pyridine rings is 1. The van der Waals surface area contributed by atoms with Gasteiger partial charge < -0.3 is 4.74 Å². The Morgan fingerprint density at radius 2 is 2.00 bits per heavy atom. The fraction of sp³-hybridized carbons (Fsp3) is 0.182. The maximum atomic E-state index is 6.07. The molecule has 0 atom stereocenters. The van der Waals surface area contributed by atoms with E-state index in [-0.39, 0.29) is 5.15 Å². The molecular weight excluding hydrogens is 376 g/mol. The fourth-order valence-corrected chi connectivity index (χ4v) is 2.33. The van der Waals surface area contributed by atoms with Gasteiger partial charge in [0.05, 0.1) is 26.8 Å². The lowest BCUT2D eigenvalue weighted by Gasteiger charge is -2.08. The summed E-state index contributed by atoms with van der Waals surface area (Å²) < 4.78 is 5.64. The largest absolute Gasteiger partial charge is 0.378 e. The molecular formula is C11H7BrCl3N3O. The van der Waals surface area contributed by atoms with Crippen molar-refractivity contribution in [3.8, 4) is 11.5 Å². The molecule has 0 aliphatic heterocycles. The van der Waals surface area contributed by atoms with Crippen molar-refractivity contribution in [2.75, 3.05) is 7.11 Å². The van der Waals surface area contributed by atoms with Gasteiger partial charge in [-0.1, -0.05) is 34.8 Å². The lowest BCUT2D eigenvalue weighted by atomic mass is 10.3. The third kappa shape index (κ3) is 3.35. The van der Waals surface area contributed by atoms with Crippen LogP contribution in [0, 0.1) is 0 Å². The van der Waals surface area contributed by atoms with Gasteiger partial charge in [-0.2, -0.15) is 0 Å². The van der Waals surface area contributed by atoms with E-state index in [1.807, 2.05) is 0 Å². The molecule has 0 radical (unpaired) electrons. The Morgan fingerprint density at radius 1 is 1.26 bits per heavy atom. The monoisotopic (exact) mass is 381 g/mol. The summed E-state index contributed by atoms with van der Waals surface area (Å²) in [6.45, 7) is 0.293. The Balaban J connectivity index is 2.56. The zero-order chi connectivity index (χ0) is 14.0. The van der Waals surface area contributed by atoms with Crippen LogP contribution in [0.2, 0.25) is 15.2 Å². The van der Waals surface area contributed by atoms with Crippen LogP contribution in [0.25, 0.3) is 11.5 Å². The van der Waals surface area contributed by atoms with E-state index in [2.05, 4.69) is 30.9 Å². The molecule has 0 aromatic carbocycles. The summed E-state index contributed by atoms with van der Waals surface area (Å²) >= 11 is 21.2. The van der Waals surface area contributed by atoms with Crippen LogP contribution in [0.1, 0.15) is 5.69 Å². The minimum atomic E-state index is 0.268. The maximum Gasteiger partial charge on any atom is 0.181 e. The molecule has 0 unspecified atom stereocenters. The van der Waals surface area contributed by atoms with Crippen LogP contribution in [0.15, 0.2) is 16.7 Å². The van der Waals surface area contributed by atoms with Gasteiger partial charge in [-0.05, 0) is 22.0 Å². The second-order valence-electron chi connectivity index (χ2n) is 3.52. The predicted molar refractivity (Wildman–Crippen MR) is 78.7 cm³/mol. The average Bonchev–Trinajstić information content (AvgIpc) is 2.35. The Morgan fingerprint density at radius 3 is 2.63 bits per heavy atom. The van der Waals surface area contributed by atoms with Gasteiger partial charge in [0, 0.05) is 13.3 Å². The van der Waals surface area contributed by atoms with E-state index in [1.165, 1.54) is 6.20 Å². The SMILES string of the molecule is COCc1nc(-c2ncc(Cl)cc2Cl)nc(Cl)c1Br. The van der Waals surface area contributed by atoms with Crippen molar-refractivity contribution < 1.29 is 4.74 Å². The zero-order valence-corrected chi connectivity index (χ0v) is 13.5. The second-order valence-corrected chi connectivity index (χ2v) is 5.51. The van der Waals surface area contributed by atoms with Crippen molar-refractivity contribution in [3.63, 3.8) is 0 Å². The highest BCUT2D eigenvalue weighted by atomic mass is 79.9. The van der Waals surface area contributed by atoms with Gasteiger partial charge in [-0.3, -0.25) is 0 Å². The number of nitrogens with zero attached hydrogens (tertiary/aromatic N) is 3. The van der Waals surface area contributed by atoms with E-state index >= 15 is 0 Å². The standard InChI is InChI=1S/C11H7BrCl3N3O/c1-19-4-7-8(12)10(15)18-11(17-7)9-6(14)2-5(13)3-16-9/h2-3H,4H2,1H3. The first kappa shape index (κ1) is 14.9. The fourth-order valence-electron chi connectivity index (χ4n) is 1.38. The van der Waals surface area contributed by atoms with Gasteiger partial charge in [0.15, 0.2) is 5.82 Å². The number of aromatic nitrogens is 3. The molecule has 0 saturated carbocycles. The van der Waals surface area contributed by atoms with Crippen LogP contribution in [0.3, 0.4) is 0 Å². The summed E-state index contributed by atoms with van der Waals surface area (Å²) in [6.07, 6.45) is 1.47. The van der Waals surface area contributed by atoms with Crippen LogP contribution >= 0.6 is 50.7 Å². The average molecular weight is 383 g/mol. The molecule has 2 aromatic rings. The lowest BCUT2D eigenvalue weighted by molar-refractivity contribution is 0.181. The molecule has 0 N–H and O–H groups in total. The Hall–Kier alpha value is -0.460. The van der Waals surface area contributed by atoms with Gasteiger partial charge in [-0.15, -0.1) is 0 Å². The van der Waals surface area contributed by atoms with E-state index < -0.39 is 0 Å². The molecule has 0 fully saturated rings. The minimum absolute atomic E-state index is 0.268. The van der Waals surface area contributed by atoms with Crippen molar-refractivity contribution in [3.05, 3.63) is 37.6 Å². The Bertz CT molecular complexity index is 624. The summed E-state index contributed by atoms with van der Waals surface area (Å²) in [6, 6.07) is 1.57. The van der Waals surface area contributed by atoms with Gasteiger partial charge in [0.2, 0.25) is 0 Å². The molecule has 0 spiro atoms. The van der Waals surface area contributed by atoms with Gasteiger partial charge in [0.1, 0.15) is 10.8 Å². The first-order chi connectivity index (χ1) is 9.02. The van der Waals surface area contributed by atoms with Gasteiger partial charge in [-0.25, -0.2) is 15.0 Å². The predicted octanol–water partition coefficient (Wildman–Crippen LogP) is 4.41. The number of rotatable bonds is 3. The molecule has 0 bridgehead atoms. The summed E-state index contributed by atoms with van der Waals surface area (Å²) in [5.41, 5.74) is 1.03. The molecule has 0 aliphatic carbocycles. The second kappa shape index (κ2) is 6.33. The minimum Gasteiger partial charge on any atom is -0.378 e. The highest BCUT2D eigenvalue weighted by Crippen LogP contribution is 2.30. The van der Waals surface area contributed by atoms with Crippen LogP contribution in [0.5, 0.6) is 0 Å². The number of hydrogen-bond donors (Lipinski definition) is 0. The molecule has 19 heavy (non-hydrogen) atoms. The van der Waals surface area contributed by atoms with Crippen LogP contribution in [-0.4, -0.2) is 22.1 Å². The molecule has 0 saturated heterocycles. The summed E-state index contributed by atoms with van der Waals surface area (Å²) in [5, 5.41) is 1.06. The van der Waals surface area contributed by atoms with E-state index in [1.54, 1.807) is 13.2 Å². The number of halogens is 4. The van der Waals surface area contributed by atoms with E-state index in [0.29, 0.717) is 38.3 Å². The quantitative estimate of drug-likeness (QED) is 0.737. The van der Waals surface area contributed by atoms with Crippen molar-refractivity contribution >= 4 is 50.7 Å². The molecule has 100 valence electrons. The molecule has 4 nitrogen and oxygen atoms in total. The van der Waals surface area contributed by atoms with Gasteiger partial charge in [0.25, 0.3) is 0 Å². The molecule has 2 heterocycles. The van der Waals surface area contributed by atoms with Crippen molar-refractivity contribution in [2.45, 2.75) is 6.61 Å². The Kier molecular flexibility index (Phi) is 4.97. The molecule has 0 aliphatic rings. The van der Waals surface area contributed by atoms with Crippen LogP contribution < -0.4 is 0 Å². The first-order valence-corrected chi connectivity index (χ1v) is 6.98. The molecule has 2 rings (SSSR count). The van der Waals surface area contributed by atoms with Gasteiger partial charge >= 0.3 is 0 Å². The summed E-state index contributed by atoms with van der Waals surface area (Å²) in [7, 11) is 1.57. The number of methoxy groups -OCH3 is 1. The van der Waals surface area contributed by atoms with E-state index in [0.717, 1.165) is 0 Å². The Labute approximate surface area is 133 Å². The topological polar surface area (TPSA) is 47.9 Å². The summed E-state index contributed by atoms with van der Waals surface area (Å²) in [4.78, 5) is 12.6. The molecule has 0 amide bonds. The van der Waals surface area contributed by atoms with Crippen molar-refractivity contribution in [1.82, 2.24) is 15.0 Å². The highest BCUT2D eigenvalue weighted by Gasteiger charge is 2.15. The third-order valence-corrected chi connectivity index (χ3v) is 4.01. The van der Waals surface area contributed by atoms with Crippen molar-refractivity contribution in [2.24, 2.45) is 0 Å². The summed E-state index contributed by atoms with van der Waals surface area (Å²) in [5.74, 6) is 0.321. The number of ether oxygens (including phenoxy) is 1. The molecule has 8 heteroatoms. The molecule has 2 aromatic heterocycles. The number of hydrogen-bond acceptors (Lipinski definition) is 4. The smallest absolute Gasteiger partial charge is 0.181 e. The van der Waals surface area contributed by atoms with E-state index in [4.69, 9.17) is 39.5 Å². The lowest BCUT2D eigenvalue weighted by Crippen LogP contribution is -2.01. The van der Waals surface area contributed by atoms with Crippen LogP contribution in [0.4, 0.5) is 0 Å². The van der Waals surface area contributed by atoms with Crippen LogP contribution in [-0.2, 0) is 11.3 Å². The third-order valence-electron chi connectivity index (χ3n) is 2.18. The van der Waals surface area contributed by atoms with Crippen molar-refractivity contribution in [1.29, 1.82) is 0 Å². The first-order valence-electron chi connectivity index (χ1n) is 5.05. The maximum absolute atomic E-state index is 6.07. The highest BCUT2D eigenvalue weighted by molar-refractivity contribution is 9.10. The normalized spacial score (nSPS) is 10.8. The van der Waals surface area contributed by atoms with E-state index in [9.17, 15) is 0 Å².